The number of nitrogens with zero attached hydrogens (tertiary/aromatic N) is 3. The van der Waals surface area contributed by atoms with Crippen molar-refractivity contribution in [3.63, 3.8) is 0 Å². The van der Waals surface area contributed by atoms with Crippen molar-refractivity contribution in [2.75, 3.05) is 5.33 Å². The van der Waals surface area contributed by atoms with E-state index < -0.39 is 0 Å². The minimum Gasteiger partial charge on any atom is -0.327 e. The van der Waals surface area contributed by atoms with Crippen LogP contribution in [0.4, 0.5) is 0 Å². The highest BCUT2D eigenvalue weighted by Crippen LogP contribution is 2.20. The summed E-state index contributed by atoms with van der Waals surface area (Å²) in [5, 5.41) is 9.88. The number of nitriles is 1. The summed E-state index contributed by atoms with van der Waals surface area (Å²) in [6.45, 7) is 3.11. The molecule has 0 radical (unpaired) electrons. The van der Waals surface area contributed by atoms with E-state index in [9.17, 15) is 0 Å². The SMILES string of the molecule is CCC(CBr)Cn1c(CC#N)nc2ccccc21. The summed E-state index contributed by atoms with van der Waals surface area (Å²) in [4.78, 5) is 4.55. The molecule has 0 fully saturated rings. The van der Waals surface area contributed by atoms with Gasteiger partial charge in [0.15, 0.2) is 0 Å². The zero-order chi connectivity index (χ0) is 13.0. The molecule has 1 aromatic carbocycles. The van der Waals surface area contributed by atoms with E-state index in [1.165, 1.54) is 0 Å². The molecule has 0 N–H and O–H groups in total. The number of fused-ring (bicyclic) bond motifs is 1. The van der Waals surface area contributed by atoms with Crippen LogP contribution in [-0.2, 0) is 13.0 Å². The van der Waals surface area contributed by atoms with Crippen LogP contribution in [-0.4, -0.2) is 14.9 Å². The van der Waals surface area contributed by atoms with Crippen molar-refractivity contribution in [2.45, 2.75) is 26.3 Å². The van der Waals surface area contributed by atoms with Crippen LogP contribution in [0.25, 0.3) is 11.0 Å². The summed E-state index contributed by atoms with van der Waals surface area (Å²) < 4.78 is 2.19. The Hall–Kier alpha value is -1.34. The van der Waals surface area contributed by atoms with Crippen LogP contribution in [0.5, 0.6) is 0 Å². The first kappa shape index (κ1) is 13.1. The standard InChI is InChI=1S/C14H16BrN3/c1-2-11(9-15)10-18-13-6-4-3-5-12(13)17-14(18)7-8-16/h3-6,11H,2,7,9-10H2,1H3. The lowest BCUT2D eigenvalue weighted by Gasteiger charge is -2.14. The summed E-state index contributed by atoms with van der Waals surface area (Å²) in [7, 11) is 0. The molecule has 1 unspecified atom stereocenters. The Morgan fingerprint density at radius 2 is 2.22 bits per heavy atom. The smallest absolute Gasteiger partial charge is 0.124 e. The van der Waals surface area contributed by atoms with Crippen molar-refractivity contribution >= 4 is 27.0 Å². The van der Waals surface area contributed by atoms with E-state index in [0.717, 1.165) is 35.2 Å². The molecule has 3 nitrogen and oxygen atoms in total. The normalized spacial score (nSPS) is 12.5. The second-order valence-electron chi connectivity index (χ2n) is 4.39. The summed E-state index contributed by atoms with van der Waals surface area (Å²) in [6.07, 6.45) is 1.48. The molecule has 0 aliphatic rings. The van der Waals surface area contributed by atoms with Crippen molar-refractivity contribution < 1.29 is 0 Å². The van der Waals surface area contributed by atoms with Gasteiger partial charge in [0.1, 0.15) is 5.82 Å². The highest BCUT2D eigenvalue weighted by atomic mass is 79.9. The Labute approximate surface area is 116 Å². The lowest BCUT2D eigenvalue weighted by atomic mass is 10.1. The van der Waals surface area contributed by atoms with Crippen LogP contribution in [0.1, 0.15) is 19.2 Å². The third kappa shape index (κ3) is 2.56. The monoisotopic (exact) mass is 305 g/mol. The number of hydrogen-bond acceptors (Lipinski definition) is 2. The van der Waals surface area contributed by atoms with Crippen LogP contribution >= 0.6 is 15.9 Å². The first-order valence-electron chi connectivity index (χ1n) is 6.17. The lowest BCUT2D eigenvalue weighted by Crippen LogP contribution is -2.13. The van der Waals surface area contributed by atoms with E-state index >= 15 is 0 Å². The van der Waals surface area contributed by atoms with Crippen molar-refractivity contribution in [3.8, 4) is 6.07 Å². The maximum absolute atomic E-state index is 8.91. The summed E-state index contributed by atoms with van der Waals surface area (Å²) >= 11 is 3.55. The maximum Gasteiger partial charge on any atom is 0.124 e. The highest BCUT2D eigenvalue weighted by molar-refractivity contribution is 9.09. The van der Waals surface area contributed by atoms with Crippen LogP contribution < -0.4 is 0 Å². The van der Waals surface area contributed by atoms with Crippen molar-refractivity contribution in [1.82, 2.24) is 9.55 Å². The first-order chi connectivity index (χ1) is 8.80. The van der Waals surface area contributed by atoms with Crippen molar-refractivity contribution in [2.24, 2.45) is 5.92 Å². The Morgan fingerprint density at radius 1 is 1.44 bits per heavy atom. The third-order valence-electron chi connectivity index (χ3n) is 3.21. The largest absolute Gasteiger partial charge is 0.327 e. The van der Waals surface area contributed by atoms with E-state index in [2.05, 4.69) is 44.5 Å². The Balaban J connectivity index is 2.45. The van der Waals surface area contributed by atoms with Crippen molar-refractivity contribution in [3.05, 3.63) is 30.1 Å². The minimum absolute atomic E-state index is 0.368. The topological polar surface area (TPSA) is 41.6 Å². The molecular weight excluding hydrogens is 290 g/mol. The fourth-order valence-corrected chi connectivity index (χ4v) is 2.74. The van der Waals surface area contributed by atoms with Gasteiger partial charge in [0.2, 0.25) is 0 Å². The highest BCUT2D eigenvalue weighted by Gasteiger charge is 2.13. The molecule has 18 heavy (non-hydrogen) atoms. The van der Waals surface area contributed by atoms with E-state index in [-0.39, 0.29) is 0 Å². The molecule has 94 valence electrons. The number of imidazole rings is 1. The molecule has 0 aliphatic heterocycles. The second-order valence-corrected chi connectivity index (χ2v) is 5.04. The quantitative estimate of drug-likeness (QED) is 0.793. The average molecular weight is 306 g/mol. The van der Waals surface area contributed by atoms with E-state index in [0.29, 0.717) is 12.3 Å². The molecule has 0 bridgehead atoms. The second kappa shape index (κ2) is 6.01. The predicted octanol–water partition coefficient (Wildman–Crippen LogP) is 3.52. The van der Waals surface area contributed by atoms with Gasteiger partial charge in [-0.25, -0.2) is 4.98 Å². The van der Waals surface area contributed by atoms with Gasteiger partial charge >= 0.3 is 0 Å². The lowest BCUT2D eigenvalue weighted by molar-refractivity contribution is 0.478. The van der Waals surface area contributed by atoms with Gasteiger partial charge in [-0.15, -0.1) is 0 Å². The fraction of sp³-hybridized carbons (Fsp3) is 0.429. The number of hydrogen-bond donors (Lipinski definition) is 0. The summed E-state index contributed by atoms with van der Waals surface area (Å²) in [6, 6.07) is 10.3. The zero-order valence-electron chi connectivity index (χ0n) is 10.4. The molecule has 0 saturated heterocycles. The first-order valence-corrected chi connectivity index (χ1v) is 7.29. The number of alkyl halides is 1. The molecule has 2 rings (SSSR count). The molecule has 0 saturated carbocycles. The molecule has 1 aromatic heterocycles. The van der Waals surface area contributed by atoms with Gasteiger partial charge in [0, 0.05) is 11.9 Å². The van der Waals surface area contributed by atoms with Crippen molar-refractivity contribution in [1.29, 1.82) is 5.26 Å². The van der Waals surface area contributed by atoms with Crippen LogP contribution in [0.3, 0.4) is 0 Å². The molecule has 0 aliphatic carbocycles. The maximum atomic E-state index is 8.91. The molecule has 0 spiro atoms. The molecule has 1 atom stereocenters. The van der Waals surface area contributed by atoms with E-state index in [1.807, 2.05) is 18.2 Å². The van der Waals surface area contributed by atoms with Gasteiger partial charge in [-0.1, -0.05) is 41.4 Å². The number of halogens is 1. The van der Waals surface area contributed by atoms with Gasteiger partial charge < -0.3 is 4.57 Å². The summed E-state index contributed by atoms with van der Waals surface area (Å²) in [5.41, 5.74) is 2.11. The van der Waals surface area contributed by atoms with Gasteiger partial charge in [0.25, 0.3) is 0 Å². The zero-order valence-corrected chi connectivity index (χ0v) is 12.0. The van der Waals surface area contributed by atoms with E-state index in [1.54, 1.807) is 0 Å². The van der Waals surface area contributed by atoms with Crippen LogP contribution in [0.15, 0.2) is 24.3 Å². The molecular formula is C14H16BrN3. The third-order valence-corrected chi connectivity index (χ3v) is 4.12. The van der Waals surface area contributed by atoms with Gasteiger partial charge in [-0.05, 0) is 18.1 Å². The van der Waals surface area contributed by atoms with Crippen LogP contribution in [0.2, 0.25) is 0 Å². The Morgan fingerprint density at radius 3 is 2.89 bits per heavy atom. The molecule has 1 heterocycles. The number of aromatic nitrogens is 2. The number of para-hydroxylation sites is 2. The Bertz CT molecular complexity index is 564. The molecule has 4 heteroatoms. The van der Waals surface area contributed by atoms with Gasteiger partial charge in [-0.2, -0.15) is 5.26 Å². The average Bonchev–Trinajstić information content (AvgIpc) is 2.74. The Kier molecular flexibility index (Phi) is 4.38. The minimum atomic E-state index is 0.368. The fourth-order valence-electron chi connectivity index (χ4n) is 2.08. The molecule has 2 aromatic rings. The van der Waals surface area contributed by atoms with Gasteiger partial charge in [0.05, 0.1) is 23.5 Å². The number of benzene rings is 1. The summed E-state index contributed by atoms with van der Waals surface area (Å²) in [5.74, 6) is 1.44. The number of rotatable bonds is 5. The van der Waals surface area contributed by atoms with E-state index in [4.69, 9.17) is 5.26 Å². The van der Waals surface area contributed by atoms with Crippen LogP contribution in [0, 0.1) is 17.2 Å². The molecule has 0 amide bonds. The van der Waals surface area contributed by atoms with Gasteiger partial charge in [-0.3, -0.25) is 0 Å². The predicted molar refractivity (Wildman–Crippen MR) is 76.6 cm³/mol.